The third kappa shape index (κ3) is 3.22. The van der Waals surface area contributed by atoms with E-state index in [0.29, 0.717) is 24.5 Å². The Kier molecular flexibility index (Phi) is 4.84. The summed E-state index contributed by atoms with van der Waals surface area (Å²) in [4.78, 5) is 11.8. The SMILES string of the molecule is CCCC(Oc1ccc2c(c1)OCC2O)C(=O)OCC. The average Bonchev–Trinajstić information content (AvgIpc) is 2.80. The van der Waals surface area contributed by atoms with E-state index in [0.717, 1.165) is 12.0 Å². The summed E-state index contributed by atoms with van der Waals surface area (Å²) < 4.78 is 16.1. The van der Waals surface area contributed by atoms with E-state index in [9.17, 15) is 9.90 Å². The molecular weight excluding hydrogens is 260 g/mol. The molecule has 0 aromatic heterocycles. The van der Waals surface area contributed by atoms with Gasteiger partial charge < -0.3 is 19.3 Å². The summed E-state index contributed by atoms with van der Waals surface area (Å²) in [6.45, 7) is 4.35. The minimum absolute atomic E-state index is 0.259. The molecule has 20 heavy (non-hydrogen) atoms. The molecule has 1 heterocycles. The normalized spacial score (nSPS) is 18.1. The van der Waals surface area contributed by atoms with Crippen LogP contribution in [-0.2, 0) is 9.53 Å². The van der Waals surface area contributed by atoms with Crippen molar-refractivity contribution in [2.24, 2.45) is 0 Å². The summed E-state index contributed by atoms with van der Waals surface area (Å²) in [6.07, 6.45) is 0.225. The van der Waals surface area contributed by atoms with Crippen molar-refractivity contribution in [2.45, 2.75) is 38.9 Å². The number of carbonyl (C=O) groups is 1. The van der Waals surface area contributed by atoms with E-state index in [1.54, 1.807) is 25.1 Å². The third-order valence-corrected chi connectivity index (χ3v) is 3.12. The Morgan fingerprint density at radius 3 is 3.00 bits per heavy atom. The van der Waals surface area contributed by atoms with E-state index in [4.69, 9.17) is 14.2 Å². The topological polar surface area (TPSA) is 65.0 Å². The molecule has 0 amide bonds. The molecule has 2 rings (SSSR count). The first-order valence-corrected chi connectivity index (χ1v) is 6.93. The molecule has 0 saturated heterocycles. The molecule has 0 spiro atoms. The maximum Gasteiger partial charge on any atom is 0.347 e. The number of hydrogen-bond donors (Lipinski definition) is 1. The number of ether oxygens (including phenoxy) is 3. The highest BCUT2D eigenvalue weighted by Gasteiger charge is 2.24. The van der Waals surface area contributed by atoms with Crippen molar-refractivity contribution in [2.75, 3.05) is 13.2 Å². The van der Waals surface area contributed by atoms with Gasteiger partial charge in [0.1, 0.15) is 24.2 Å². The van der Waals surface area contributed by atoms with E-state index >= 15 is 0 Å². The second-order valence-electron chi connectivity index (χ2n) is 4.67. The highest BCUT2D eigenvalue weighted by atomic mass is 16.6. The standard InChI is InChI=1S/C15H20O5/c1-3-5-13(15(17)18-4-2)20-10-6-7-11-12(16)9-19-14(11)8-10/h6-8,12-13,16H,3-5,9H2,1-2H3. The molecule has 5 heteroatoms. The number of aliphatic hydroxyl groups is 1. The summed E-state index contributed by atoms with van der Waals surface area (Å²) in [5.41, 5.74) is 0.750. The van der Waals surface area contributed by atoms with Gasteiger partial charge >= 0.3 is 5.97 Å². The van der Waals surface area contributed by atoms with Crippen LogP contribution in [0.5, 0.6) is 11.5 Å². The lowest BCUT2D eigenvalue weighted by Gasteiger charge is -2.17. The van der Waals surface area contributed by atoms with Crippen LogP contribution in [0, 0.1) is 0 Å². The third-order valence-electron chi connectivity index (χ3n) is 3.12. The van der Waals surface area contributed by atoms with Crippen LogP contribution in [0.2, 0.25) is 0 Å². The van der Waals surface area contributed by atoms with E-state index in [1.807, 2.05) is 6.92 Å². The molecule has 0 saturated carbocycles. The van der Waals surface area contributed by atoms with Crippen molar-refractivity contribution in [3.63, 3.8) is 0 Å². The Morgan fingerprint density at radius 2 is 2.30 bits per heavy atom. The summed E-state index contributed by atoms with van der Waals surface area (Å²) >= 11 is 0. The zero-order chi connectivity index (χ0) is 14.5. The monoisotopic (exact) mass is 280 g/mol. The molecule has 2 unspecified atom stereocenters. The van der Waals surface area contributed by atoms with Gasteiger partial charge in [-0.15, -0.1) is 0 Å². The maximum atomic E-state index is 11.8. The molecule has 1 N–H and O–H groups in total. The largest absolute Gasteiger partial charge is 0.490 e. The molecule has 1 aromatic carbocycles. The van der Waals surface area contributed by atoms with Gasteiger partial charge in [0.05, 0.1) is 6.61 Å². The second-order valence-corrected chi connectivity index (χ2v) is 4.67. The second kappa shape index (κ2) is 6.61. The van der Waals surface area contributed by atoms with Gasteiger partial charge in [-0.3, -0.25) is 0 Å². The zero-order valence-electron chi connectivity index (χ0n) is 11.8. The van der Waals surface area contributed by atoms with Crippen LogP contribution in [0.3, 0.4) is 0 Å². The Balaban J connectivity index is 2.09. The van der Waals surface area contributed by atoms with Gasteiger partial charge in [-0.2, -0.15) is 0 Å². The van der Waals surface area contributed by atoms with Crippen LogP contribution in [0.4, 0.5) is 0 Å². The van der Waals surface area contributed by atoms with Crippen molar-refractivity contribution in [1.29, 1.82) is 0 Å². The number of hydrogen-bond acceptors (Lipinski definition) is 5. The predicted octanol–water partition coefficient (Wildman–Crippen LogP) is 2.22. The fraction of sp³-hybridized carbons (Fsp3) is 0.533. The fourth-order valence-corrected chi connectivity index (χ4v) is 2.13. The lowest BCUT2D eigenvalue weighted by Crippen LogP contribution is -2.29. The Hall–Kier alpha value is -1.75. The van der Waals surface area contributed by atoms with Crippen LogP contribution in [0.15, 0.2) is 18.2 Å². The number of esters is 1. The van der Waals surface area contributed by atoms with Gasteiger partial charge in [0.2, 0.25) is 0 Å². The molecular formula is C15H20O5. The Labute approximate surface area is 118 Å². The molecule has 2 atom stereocenters. The van der Waals surface area contributed by atoms with Crippen molar-refractivity contribution in [3.8, 4) is 11.5 Å². The molecule has 5 nitrogen and oxygen atoms in total. The zero-order valence-corrected chi connectivity index (χ0v) is 11.8. The smallest absolute Gasteiger partial charge is 0.347 e. The van der Waals surface area contributed by atoms with Gasteiger partial charge in [0.25, 0.3) is 0 Å². The summed E-state index contributed by atoms with van der Waals surface area (Å²) in [7, 11) is 0. The molecule has 0 radical (unpaired) electrons. The number of rotatable bonds is 6. The summed E-state index contributed by atoms with van der Waals surface area (Å²) in [5, 5.41) is 9.66. The maximum absolute atomic E-state index is 11.8. The number of aliphatic hydroxyl groups excluding tert-OH is 1. The van der Waals surface area contributed by atoms with Gasteiger partial charge in [-0.05, 0) is 25.5 Å². The molecule has 0 bridgehead atoms. The number of benzene rings is 1. The average molecular weight is 280 g/mol. The Bertz CT molecular complexity index is 471. The molecule has 1 aliphatic heterocycles. The highest BCUT2D eigenvalue weighted by Crippen LogP contribution is 2.35. The van der Waals surface area contributed by atoms with Crippen molar-refractivity contribution < 1.29 is 24.1 Å². The Morgan fingerprint density at radius 1 is 1.50 bits per heavy atom. The van der Waals surface area contributed by atoms with Crippen LogP contribution in [0.25, 0.3) is 0 Å². The van der Waals surface area contributed by atoms with Crippen LogP contribution >= 0.6 is 0 Å². The molecule has 0 fully saturated rings. The van der Waals surface area contributed by atoms with Crippen molar-refractivity contribution in [1.82, 2.24) is 0 Å². The van der Waals surface area contributed by atoms with E-state index in [2.05, 4.69) is 0 Å². The predicted molar refractivity (Wildman–Crippen MR) is 72.9 cm³/mol. The summed E-state index contributed by atoms with van der Waals surface area (Å²) in [5.74, 6) is 0.800. The van der Waals surface area contributed by atoms with E-state index < -0.39 is 12.2 Å². The van der Waals surface area contributed by atoms with Crippen molar-refractivity contribution >= 4 is 5.97 Å². The molecule has 1 aliphatic rings. The first kappa shape index (κ1) is 14.7. The first-order chi connectivity index (χ1) is 9.65. The number of fused-ring (bicyclic) bond motifs is 1. The van der Waals surface area contributed by atoms with Gasteiger partial charge in [0.15, 0.2) is 6.10 Å². The summed E-state index contributed by atoms with van der Waals surface area (Å²) in [6, 6.07) is 5.20. The van der Waals surface area contributed by atoms with Crippen LogP contribution in [-0.4, -0.2) is 30.4 Å². The minimum Gasteiger partial charge on any atom is -0.490 e. The van der Waals surface area contributed by atoms with Crippen LogP contribution in [0.1, 0.15) is 38.4 Å². The van der Waals surface area contributed by atoms with Gasteiger partial charge in [-0.25, -0.2) is 4.79 Å². The van der Waals surface area contributed by atoms with Gasteiger partial charge in [-0.1, -0.05) is 13.3 Å². The lowest BCUT2D eigenvalue weighted by atomic mass is 10.1. The van der Waals surface area contributed by atoms with Crippen molar-refractivity contribution in [3.05, 3.63) is 23.8 Å². The fourth-order valence-electron chi connectivity index (χ4n) is 2.13. The van der Waals surface area contributed by atoms with Gasteiger partial charge in [0, 0.05) is 11.6 Å². The molecule has 110 valence electrons. The lowest BCUT2D eigenvalue weighted by molar-refractivity contribution is -0.151. The quantitative estimate of drug-likeness (QED) is 0.809. The first-order valence-electron chi connectivity index (χ1n) is 6.93. The number of carbonyl (C=O) groups excluding carboxylic acids is 1. The minimum atomic E-state index is -0.607. The van der Waals surface area contributed by atoms with E-state index in [-0.39, 0.29) is 12.6 Å². The molecule has 0 aliphatic carbocycles. The van der Waals surface area contributed by atoms with E-state index in [1.165, 1.54) is 0 Å². The highest BCUT2D eigenvalue weighted by molar-refractivity contribution is 5.75. The van der Waals surface area contributed by atoms with Crippen LogP contribution < -0.4 is 9.47 Å². The molecule has 1 aromatic rings.